The van der Waals surface area contributed by atoms with Crippen molar-refractivity contribution in [3.05, 3.63) is 71.0 Å². The zero-order chi connectivity index (χ0) is 21.0. The van der Waals surface area contributed by atoms with Gasteiger partial charge in [-0.1, -0.05) is 36.4 Å². The van der Waals surface area contributed by atoms with Crippen molar-refractivity contribution in [3.8, 4) is 0 Å². The molecule has 0 aromatic heterocycles. The number of ether oxygens (including phenoxy) is 4. The van der Waals surface area contributed by atoms with Gasteiger partial charge in [0, 0.05) is 18.4 Å². The Morgan fingerprint density at radius 3 is 2.21 bits per heavy atom. The van der Waals surface area contributed by atoms with Crippen LogP contribution in [-0.4, -0.2) is 39.2 Å². The van der Waals surface area contributed by atoms with Crippen LogP contribution in [0.3, 0.4) is 0 Å². The molecule has 2 aliphatic rings. The van der Waals surface area contributed by atoms with E-state index in [2.05, 4.69) is 0 Å². The van der Waals surface area contributed by atoms with Gasteiger partial charge in [-0.15, -0.1) is 0 Å². The SMILES string of the molecule is COC(=O)c1ccc(C2CC(C(=O)OC)(C(=O)OC)C3=C(CC=CC=C3)O2)cc1. The van der Waals surface area contributed by atoms with Gasteiger partial charge >= 0.3 is 17.9 Å². The molecule has 0 saturated carbocycles. The molecule has 3 rings (SSSR count). The van der Waals surface area contributed by atoms with Crippen LogP contribution < -0.4 is 0 Å². The molecule has 7 nitrogen and oxygen atoms in total. The predicted octanol–water partition coefficient (Wildman–Crippen LogP) is 3.04. The number of hydrogen-bond donors (Lipinski definition) is 0. The van der Waals surface area contributed by atoms with Crippen molar-refractivity contribution in [1.82, 2.24) is 0 Å². The number of carbonyl (C=O) groups excluding carboxylic acids is 3. The van der Waals surface area contributed by atoms with Crippen LogP contribution >= 0.6 is 0 Å². The standard InChI is InChI=1S/C22H22O7/c1-26-19(23)15-11-9-14(10-12-15)18-13-22(20(24)27-2,21(25)28-3)16-7-5-4-6-8-17(16)29-18/h4-7,9-12,18H,8,13H2,1-3H3. The molecule has 1 aromatic carbocycles. The lowest BCUT2D eigenvalue weighted by Crippen LogP contribution is -2.46. The molecule has 29 heavy (non-hydrogen) atoms. The summed E-state index contributed by atoms with van der Waals surface area (Å²) < 4.78 is 20.9. The Hall–Kier alpha value is -3.35. The first kappa shape index (κ1) is 20.4. The first-order valence-electron chi connectivity index (χ1n) is 9.06. The third-order valence-electron chi connectivity index (χ3n) is 5.12. The molecule has 1 aromatic rings. The third-order valence-corrected chi connectivity index (χ3v) is 5.12. The summed E-state index contributed by atoms with van der Waals surface area (Å²) in [7, 11) is 3.78. The maximum absolute atomic E-state index is 12.9. The highest BCUT2D eigenvalue weighted by Gasteiger charge is 2.56. The molecule has 152 valence electrons. The maximum atomic E-state index is 12.9. The van der Waals surface area contributed by atoms with E-state index >= 15 is 0 Å². The summed E-state index contributed by atoms with van der Waals surface area (Å²) in [6.45, 7) is 0. The summed E-state index contributed by atoms with van der Waals surface area (Å²) in [4.78, 5) is 37.5. The van der Waals surface area contributed by atoms with E-state index in [-0.39, 0.29) is 6.42 Å². The zero-order valence-electron chi connectivity index (χ0n) is 16.5. The van der Waals surface area contributed by atoms with Crippen molar-refractivity contribution in [3.63, 3.8) is 0 Å². The van der Waals surface area contributed by atoms with Crippen molar-refractivity contribution in [1.29, 1.82) is 0 Å². The van der Waals surface area contributed by atoms with Gasteiger partial charge in [0.2, 0.25) is 0 Å². The smallest absolute Gasteiger partial charge is 0.337 e. The highest BCUT2D eigenvalue weighted by molar-refractivity contribution is 6.04. The lowest BCUT2D eigenvalue weighted by molar-refractivity contribution is -0.170. The Bertz CT molecular complexity index is 890. The van der Waals surface area contributed by atoms with Gasteiger partial charge in [-0.3, -0.25) is 9.59 Å². The molecule has 1 atom stereocenters. The van der Waals surface area contributed by atoms with Gasteiger partial charge in [-0.05, 0) is 17.7 Å². The highest BCUT2D eigenvalue weighted by Crippen LogP contribution is 2.49. The number of methoxy groups -OCH3 is 3. The summed E-state index contributed by atoms with van der Waals surface area (Å²) in [5.74, 6) is -1.37. The van der Waals surface area contributed by atoms with E-state index < -0.39 is 29.4 Å². The van der Waals surface area contributed by atoms with E-state index in [0.717, 1.165) is 0 Å². The second kappa shape index (κ2) is 8.34. The molecular formula is C22H22O7. The summed E-state index contributed by atoms with van der Waals surface area (Å²) in [6, 6.07) is 6.65. The van der Waals surface area contributed by atoms with Crippen LogP contribution in [0.15, 0.2) is 59.9 Å². The molecule has 0 saturated heterocycles. The van der Waals surface area contributed by atoms with E-state index in [1.165, 1.54) is 21.3 Å². The fraction of sp³-hybridized carbons (Fsp3) is 0.318. The number of allylic oxidation sites excluding steroid dienone is 4. The van der Waals surface area contributed by atoms with Crippen LogP contribution in [0.5, 0.6) is 0 Å². The minimum absolute atomic E-state index is 0.00703. The van der Waals surface area contributed by atoms with Crippen LogP contribution in [0.25, 0.3) is 0 Å². The fourth-order valence-electron chi connectivity index (χ4n) is 3.66. The van der Waals surface area contributed by atoms with E-state index in [0.29, 0.717) is 28.9 Å². The lowest BCUT2D eigenvalue weighted by Gasteiger charge is -2.39. The molecule has 1 aliphatic carbocycles. The zero-order valence-corrected chi connectivity index (χ0v) is 16.5. The lowest BCUT2D eigenvalue weighted by atomic mass is 9.71. The van der Waals surface area contributed by atoms with Gasteiger partial charge in [0.1, 0.15) is 11.9 Å². The Labute approximate surface area is 168 Å². The van der Waals surface area contributed by atoms with Crippen LogP contribution in [0, 0.1) is 5.41 Å². The minimum atomic E-state index is -1.65. The normalized spacial score (nSPS) is 19.5. The molecule has 1 unspecified atom stereocenters. The first-order chi connectivity index (χ1) is 14.0. The van der Waals surface area contributed by atoms with Crippen LogP contribution in [0.4, 0.5) is 0 Å². The fourth-order valence-corrected chi connectivity index (χ4v) is 3.66. The summed E-state index contributed by atoms with van der Waals surface area (Å²) >= 11 is 0. The molecule has 0 spiro atoms. The number of benzene rings is 1. The van der Waals surface area contributed by atoms with E-state index in [1.54, 1.807) is 36.4 Å². The van der Waals surface area contributed by atoms with Gasteiger partial charge in [0.05, 0.1) is 26.9 Å². The molecule has 0 radical (unpaired) electrons. The maximum Gasteiger partial charge on any atom is 0.337 e. The van der Waals surface area contributed by atoms with Gasteiger partial charge in [-0.25, -0.2) is 4.79 Å². The third kappa shape index (κ3) is 3.55. The van der Waals surface area contributed by atoms with E-state index in [1.807, 2.05) is 12.2 Å². The van der Waals surface area contributed by atoms with Gasteiger partial charge in [0.15, 0.2) is 5.41 Å². The van der Waals surface area contributed by atoms with Crippen molar-refractivity contribution in [2.45, 2.75) is 18.9 Å². The van der Waals surface area contributed by atoms with Crippen LogP contribution in [-0.2, 0) is 28.5 Å². The monoisotopic (exact) mass is 398 g/mol. The molecule has 0 bridgehead atoms. The number of hydrogen-bond acceptors (Lipinski definition) is 7. The van der Waals surface area contributed by atoms with Crippen LogP contribution in [0.1, 0.15) is 34.9 Å². The van der Waals surface area contributed by atoms with Gasteiger partial charge < -0.3 is 18.9 Å². The quantitative estimate of drug-likeness (QED) is 0.438. The van der Waals surface area contributed by atoms with E-state index in [4.69, 9.17) is 18.9 Å². The Balaban J connectivity index is 2.09. The minimum Gasteiger partial charge on any atom is -0.489 e. The molecule has 0 fully saturated rings. The Morgan fingerprint density at radius 1 is 0.966 bits per heavy atom. The summed E-state index contributed by atoms with van der Waals surface area (Å²) in [6.07, 6.45) is 6.93. The van der Waals surface area contributed by atoms with Crippen molar-refractivity contribution >= 4 is 17.9 Å². The van der Waals surface area contributed by atoms with Gasteiger partial charge in [-0.2, -0.15) is 0 Å². The topological polar surface area (TPSA) is 88.1 Å². The second-order valence-electron chi connectivity index (χ2n) is 6.64. The molecule has 0 N–H and O–H groups in total. The molecule has 0 amide bonds. The largest absolute Gasteiger partial charge is 0.489 e. The Morgan fingerprint density at radius 2 is 1.62 bits per heavy atom. The molecular weight excluding hydrogens is 376 g/mol. The number of carbonyl (C=O) groups is 3. The number of rotatable bonds is 4. The summed E-state index contributed by atoms with van der Waals surface area (Å²) in [5, 5.41) is 0. The number of esters is 3. The molecule has 1 heterocycles. The predicted molar refractivity (Wildman–Crippen MR) is 103 cm³/mol. The highest BCUT2D eigenvalue weighted by atomic mass is 16.5. The summed E-state index contributed by atoms with van der Waals surface area (Å²) in [5.41, 5.74) is -0.118. The molecule has 1 aliphatic heterocycles. The van der Waals surface area contributed by atoms with Crippen molar-refractivity contribution in [2.24, 2.45) is 5.41 Å². The first-order valence-corrected chi connectivity index (χ1v) is 9.06. The second-order valence-corrected chi connectivity index (χ2v) is 6.64. The average Bonchev–Trinajstić information content (AvgIpc) is 3.02. The molecule has 7 heteroatoms. The van der Waals surface area contributed by atoms with Crippen molar-refractivity contribution in [2.75, 3.05) is 21.3 Å². The Kier molecular flexibility index (Phi) is 5.87. The van der Waals surface area contributed by atoms with E-state index in [9.17, 15) is 14.4 Å². The van der Waals surface area contributed by atoms with Crippen LogP contribution in [0.2, 0.25) is 0 Å². The van der Waals surface area contributed by atoms with Gasteiger partial charge in [0.25, 0.3) is 0 Å². The average molecular weight is 398 g/mol. The van der Waals surface area contributed by atoms with Crippen molar-refractivity contribution < 1.29 is 33.3 Å².